The quantitative estimate of drug-likeness (QED) is 0.757. The van der Waals surface area contributed by atoms with E-state index in [1.54, 1.807) is 6.20 Å². The summed E-state index contributed by atoms with van der Waals surface area (Å²) in [5, 5.41) is 12.9. The van der Waals surface area contributed by atoms with Crippen molar-refractivity contribution in [3.63, 3.8) is 0 Å². The first-order valence-corrected chi connectivity index (χ1v) is 5.29. The molecule has 0 bridgehead atoms. The van der Waals surface area contributed by atoms with Crippen LogP contribution >= 0.6 is 0 Å². The Bertz CT molecular complexity index is 383. The van der Waals surface area contributed by atoms with Gasteiger partial charge in [-0.25, -0.2) is 0 Å². The number of anilines is 1. The number of ether oxygens (including phenoxy) is 1. The molecule has 1 saturated heterocycles. The number of hydrogen-bond donors (Lipinski definition) is 1. The first-order valence-electron chi connectivity index (χ1n) is 5.29. The van der Waals surface area contributed by atoms with Gasteiger partial charge in [-0.1, -0.05) is 0 Å². The largest absolute Gasteiger partial charge is 0.396 e. The van der Waals surface area contributed by atoms with Crippen LogP contribution < -0.4 is 5.73 Å². The van der Waals surface area contributed by atoms with Gasteiger partial charge in [0.2, 0.25) is 0 Å². The predicted octanol–water partition coefficient (Wildman–Crippen LogP) is -0.310. The van der Waals surface area contributed by atoms with E-state index in [0.29, 0.717) is 18.8 Å². The highest BCUT2D eigenvalue weighted by molar-refractivity contribution is 5.30. The summed E-state index contributed by atoms with van der Waals surface area (Å²) in [6.45, 7) is 3.82. The fourth-order valence-electron chi connectivity index (χ4n) is 1.73. The molecule has 6 nitrogen and oxygen atoms in total. The van der Waals surface area contributed by atoms with Crippen LogP contribution in [0, 0.1) is 11.3 Å². The highest BCUT2D eigenvalue weighted by Gasteiger charge is 2.19. The SMILES string of the molecule is N#CC1CN(CCn2cc(N)cn2)CCO1. The summed E-state index contributed by atoms with van der Waals surface area (Å²) in [7, 11) is 0. The van der Waals surface area contributed by atoms with Crippen LogP contribution in [0.4, 0.5) is 5.69 Å². The van der Waals surface area contributed by atoms with Crippen LogP contribution in [0.25, 0.3) is 0 Å². The maximum atomic E-state index is 8.76. The number of nitrogen functional groups attached to an aromatic ring is 1. The molecule has 6 heteroatoms. The normalized spacial score (nSPS) is 21.8. The maximum Gasteiger partial charge on any atom is 0.156 e. The zero-order chi connectivity index (χ0) is 11.4. The minimum Gasteiger partial charge on any atom is -0.396 e. The van der Waals surface area contributed by atoms with Crippen molar-refractivity contribution < 1.29 is 4.74 Å². The molecule has 0 amide bonds. The molecule has 2 rings (SSSR count). The Labute approximate surface area is 94.2 Å². The number of morpholine rings is 1. The lowest BCUT2D eigenvalue weighted by molar-refractivity contribution is -0.000852. The molecule has 1 unspecified atom stereocenters. The van der Waals surface area contributed by atoms with Gasteiger partial charge in [0.15, 0.2) is 6.10 Å². The molecular formula is C10H15N5O. The lowest BCUT2D eigenvalue weighted by Crippen LogP contribution is -2.43. The lowest BCUT2D eigenvalue weighted by atomic mass is 10.3. The van der Waals surface area contributed by atoms with Gasteiger partial charge < -0.3 is 10.5 Å². The van der Waals surface area contributed by atoms with Crippen molar-refractivity contribution in [3.05, 3.63) is 12.4 Å². The van der Waals surface area contributed by atoms with E-state index in [4.69, 9.17) is 15.7 Å². The Hall–Kier alpha value is -1.58. The second-order valence-corrected chi connectivity index (χ2v) is 3.83. The smallest absolute Gasteiger partial charge is 0.156 e. The average molecular weight is 221 g/mol. The fraction of sp³-hybridized carbons (Fsp3) is 0.600. The second-order valence-electron chi connectivity index (χ2n) is 3.83. The van der Waals surface area contributed by atoms with Crippen molar-refractivity contribution in [1.29, 1.82) is 5.26 Å². The average Bonchev–Trinajstić information content (AvgIpc) is 2.73. The van der Waals surface area contributed by atoms with Crippen molar-refractivity contribution >= 4 is 5.69 Å². The van der Waals surface area contributed by atoms with Crippen LogP contribution in [0.5, 0.6) is 0 Å². The van der Waals surface area contributed by atoms with Crippen molar-refractivity contribution in [2.45, 2.75) is 12.6 Å². The first kappa shape index (κ1) is 10.9. The maximum absolute atomic E-state index is 8.76. The Morgan fingerprint density at radius 2 is 2.50 bits per heavy atom. The monoisotopic (exact) mass is 221 g/mol. The van der Waals surface area contributed by atoms with Gasteiger partial charge >= 0.3 is 0 Å². The molecule has 16 heavy (non-hydrogen) atoms. The number of nitrogens with two attached hydrogens (primary N) is 1. The van der Waals surface area contributed by atoms with Crippen molar-refractivity contribution in [1.82, 2.24) is 14.7 Å². The predicted molar refractivity (Wildman–Crippen MR) is 58.4 cm³/mol. The van der Waals surface area contributed by atoms with Crippen LogP contribution in [-0.4, -0.2) is 47.0 Å². The van der Waals surface area contributed by atoms with Gasteiger partial charge in [0.1, 0.15) is 0 Å². The minimum atomic E-state index is -0.295. The summed E-state index contributed by atoms with van der Waals surface area (Å²) >= 11 is 0. The molecular weight excluding hydrogens is 206 g/mol. The summed E-state index contributed by atoms with van der Waals surface area (Å²) in [6.07, 6.45) is 3.15. The Balaban J connectivity index is 1.80. The van der Waals surface area contributed by atoms with E-state index in [-0.39, 0.29) is 6.10 Å². The second kappa shape index (κ2) is 4.96. The zero-order valence-electron chi connectivity index (χ0n) is 9.04. The zero-order valence-corrected chi connectivity index (χ0v) is 9.04. The third-order valence-corrected chi connectivity index (χ3v) is 2.59. The standard InChI is InChI=1S/C10H15N5O/c11-5-10-8-14(3-4-16-10)1-2-15-7-9(12)6-13-15/h6-7,10H,1-4,8,12H2. The Morgan fingerprint density at radius 1 is 1.62 bits per heavy atom. The molecule has 0 saturated carbocycles. The molecule has 1 aromatic heterocycles. The van der Waals surface area contributed by atoms with Gasteiger partial charge in [0, 0.05) is 25.8 Å². The van der Waals surface area contributed by atoms with Crippen LogP contribution in [-0.2, 0) is 11.3 Å². The van der Waals surface area contributed by atoms with Crippen LogP contribution in [0.2, 0.25) is 0 Å². The summed E-state index contributed by atoms with van der Waals surface area (Å²) in [6, 6.07) is 2.13. The number of aromatic nitrogens is 2. The molecule has 1 fully saturated rings. The van der Waals surface area contributed by atoms with Crippen LogP contribution in [0.3, 0.4) is 0 Å². The molecule has 2 N–H and O–H groups in total. The topological polar surface area (TPSA) is 80.1 Å². The highest BCUT2D eigenvalue weighted by Crippen LogP contribution is 2.05. The van der Waals surface area contributed by atoms with Gasteiger partial charge in [-0.15, -0.1) is 0 Å². The molecule has 0 aliphatic carbocycles. The van der Waals surface area contributed by atoms with Crippen molar-refractivity contribution in [2.24, 2.45) is 0 Å². The van der Waals surface area contributed by atoms with E-state index in [1.165, 1.54) is 0 Å². The first-order chi connectivity index (χ1) is 7.78. The van der Waals surface area contributed by atoms with E-state index >= 15 is 0 Å². The molecule has 1 aromatic rings. The molecule has 1 aliphatic heterocycles. The third-order valence-electron chi connectivity index (χ3n) is 2.59. The van der Waals surface area contributed by atoms with E-state index < -0.39 is 0 Å². The van der Waals surface area contributed by atoms with Gasteiger partial charge in [-0.3, -0.25) is 9.58 Å². The lowest BCUT2D eigenvalue weighted by Gasteiger charge is -2.29. The van der Waals surface area contributed by atoms with E-state index in [2.05, 4.69) is 16.1 Å². The Kier molecular flexibility index (Phi) is 3.39. The fourth-order valence-corrected chi connectivity index (χ4v) is 1.73. The van der Waals surface area contributed by atoms with E-state index in [1.807, 2.05) is 10.9 Å². The number of hydrogen-bond acceptors (Lipinski definition) is 5. The molecule has 1 atom stereocenters. The molecule has 0 radical (unpaired) electrons. The van der Waals surface area contributed by atoms with Crippen LogP contribution in [0.1, 0.15) is 0 Å². The Morgan fingerprint density at radius 3 is 3.19 bits per heavy atom. The molecule has 0 spiro atoms. The van der Waals surface area contributed by atoms with Gasteiger partial charge in [-0.2, -0.15) is 10.4 Å². The minimum absolute atomic E-state index is 0.295. The van der Waals surface area contributed by atoms with Crippen LogP contribution in [0.15, 0.2) is 12.4 Å². The number of nitrogens with zero attached hydrogens (tertiary/aromatic N) is 4. The molecule has 1 aliphatic rings. The number of nitriles is 1. The number of rotatable bonds is 3. The molecule has 86 valence electrons. The molecule has 2 heterocycles. The summed E-state index contributed by atoms with van der Waals surface area (Å²) < 4.78 is 7.08. The van der Waals surface area contributed by atoms with Crippen molar-refractivity contribution in [2.75, 3.05) is 32.0 Å². The van der Waals surface area contributed by atoms with Crippen molar-refractivity contribution in [3.8, 4) is 6.07 Å². The van der Waals surface area contributed by atoms with Gasteiger partial charge in [0.05, 0.1) is 31.1 Å². The van der Waals surface area contributed by atoms with Gasteiger partial charge in [-0.05, 0) is 0 Å². The van der Waals surface area contributed by atoms with Gasteiger partial charge in [0.25, 0.3) is 0 Å². The van der Waals surface area contributed by atoms with E-state index in [9.17, 15) is 0 Å². The molecule has 0 aromatic carbocycles. The summed E-state index contributed by atoms with van der Waals surface area (Å²) in [4.78, 5) is 2.20. The third kappa shape index (κ3) is 2.72. The van der Waals surface area contributed by atoms with E-state index in [0.717, 1.165) is 19.6 Å². The summed E-state index contributed by atoms with van der Waals surface area (Å²) in [5.74, 6) is 0. The highest BCUT2D eigenvalue weighted by atomic mass is 16.5. The summed E-state index contributed by atoms with van der Waals surface area (Å²) in [5.41, 5.74) is 6.25.